The predicted octanol–water partition coefficient (Wildman–Crippen LogP) is 7.91. The van der Waals surface area contributed by atoms with Crippen LogP contribution in [0.15, 0.2) is 108 Å². The first-order valence-electron chi connectivity index (χ1n) is 15.4. The molecule has 0 aromatic heterocycles. The molecule has 0 spiro atoms. The number of aryl methyl sites for hydroxylation is 1. The van der Waals surface area contributed by atoms with E-state index in [4.69, 9.17) is 5.41 Å². The third-order valence-electron chi connectivity index (χ3n) is 7.76. The summed E-state index contributed by atoms with van der Waals surface area (Å²) < 4.78 is 27.8. The Morgan fingerprint density at radius 3 is 2.11 bits per heavy atom. The molecule has 0 unspecified atom stereocenters. The lowest BCUT2D eigenvalue weighted by molar-refractivity contribution is 0.221. The maximum absolute atomic E-state index is 12.8. The number of rotatable bonds is 12. The Morgan fingerprint density at radius 1 is 0.800 bits per heavy atom. The Labute approximate surface area is 269 Å². The lowest BCUT2D eigenvalue weighted by Gasteiger charge is -2.22. The van der Waals surface area contributed by atoms with E-state index in [1.165, 1.54) is 10.5 Å². The van der Waals surface area contributed by atoms with Crippen molar-refractivity contribution in [1.82, 2.24) is 14.9 Å². The molecule has 0 radical (unpaired) electrons. The largest absolute Gasteiger partial charge is 0.334 e. The van der Waals surface area contributed by atoms with Gasteiger partial charge in [-0.25, -0.2) is 17.9 Å². The number of urea groups is 1. The third-order valence-corrected chi connectivity index (χ3v) is 9.18. The Hall–Kier alpha value is -4.27. The van der Waals surface area contributed by atoms with Crippen LogP contribution in [0.5, 0.6) is 0 Å². The van der Waals surface area contributed by atoms with Crippen LogP contribution < -0.4 is 10.0 Å². The van der Waals surface area contributed by atoms with Crippen molar-refractivity contribution in [2.24, 2.45) is 0 Å². The Balaban J connectivity index is 0.00000576. The molecule has 0 heterocycles. The number of carbonyl (C=O) groups excluding carboxylic acids is 1. The van der Waals surface area contributed by atoms with Gasteiger partial charge >= 0.3 is 6.03 Å². The van der Waals surface area contributed by atoms with Crippen LogP contribution in [0.25, 0.3) is 11.1 Å². The second-order valence-electron chi connectivity index (χ2n) is 12.2. The van der Waals surface area contributed by atoms with Crippen molar-refractivity contribution in [2.75, 3.05) is 6.54 Å². The van der Waals surface area contributed by atoms with E-state index in [2.05, 4.69) is 67.2 Å². The molecule has 0 saturated heterocycles. The fourth-order valence-electron chi connectivity index (χ4n) is 5.03. The number of amides is 2. The summed E-state index contributed by atoms with van der Waals surface area (Å²) in [6, 6.07) is 32.5. The molecule has 8 heteroatoms. The molecule has 0 bridgehead atoms. The first-order chi connectivity index (χ1) is 21.5. The summed E-state index contributed by atoms with van der Waals surface area (Å²) in [7, 11) is -3.58. The monoisotopic (exact) mass is 626 g/mol. The molecule has 45 heavy (non-hydrogen) atoms. The van der Waals surface area contributed by atoms with Gasteiger partial charge in [0.15, 0.2) is 0 Å². The summed E-state index contributed by atoms with van der Waals surface area (Å²) in [6.07, 6.45) is 2.06. The predicted molar refractivity (Wildman–Crippen MR) is 185 cm³/mol. The van der Waals surface area contributed by atoms with Gasteiger partial charge in [0.2, 0.25) is 10.0 Å². The van der Waals surface area contributed by atoms with Crippen LogP contribution in [0.4, 0.5) is 4.79 Å². The Kier molecular flexibility index (Phi) is 11.3. The molecule has 0 fully saturated rings. The number of hydrogen-bond acceptors (Lipinski definition) is 4. The van der Waals surface area contributed by atoms with Gasteiger partial charge < -0.3 is 5.32 Å². The van der Waals surface area contributed by atoms with E-state index in [0.29, 0.717) is 25.3 Å². The average molecular weight is 627 g/mol. The van der Waals surface area contributed by atoms with Gasteiger partial charge in [-0.3, -0.25) is 10.3 Å². The minimum Gasteiger partial charge on any atom is -0.334 e. The normalized spacial score (nSPS) is 11.6. The molecule has 4 rings (SSSR count). The number of nitrogens with zero attached hydrogens (tertiary/aromatic N) is 1. The fraction of sp³-hybridized carbons (Fsp3) is 0.297. The zero-order valence-corrected chi connectivity index (χ0v) is 27.5. The first-order valence-corrected chi connectivity index (χ1v) is 16.9. The zero-order valence-electron chi connectivity index (χ0n) is 26.6. The average Bonchev–Trinajstić information content (AvgIpc) is 3.04. The molecule has 4 aromatic carbocycles. The van der Waals surface area contributed by atoms with Crippen LogP contribution in [-0.4, -0.2) is 31.7 Å². The van der Waals surface area contributed by atoms with Crippen molar-refractivity contribution in [3.63, 3.8) is 0 Å². The first kappa shape index (κ1) is 33.6. The van der Waals surface area contributed by atoms with E-state index in [1.807, 2.05) is 43.3 Å². The maximum Gasteiger partial charge on any atom is 0.323 e. The number of sulfonamides is 1. The van der Waals surface area contributed by atoms with Crippen LogP contribution >= 0.6 is 0 Å². The van der Waals surface area contributed by atoms with Gasteiger partial charge in [-0.1, -0.05) is 106 Å². The van der Waals surface area contributed by atoms with Gasteiger partial charge in [-0.2, -0.15) is 0 Å². The molecular formula is C37H46N4O3S. The second kappa shape index (κ2) is 15.1. The lowest BCUT2D eigenvalue weighted by atomic mass is 9.87. The van der Waals surface area contributed by atoms with Crippen molar-refractivity contribution in [2.45, 2.75) is 70.4 Å². The molecule has 0 aliphatic carbocycles. The van der Waals surface area contributed by atoms with E-state index in [-0.39, 0.29) is 24.3 Å². The maximum atomic E-state index is 12.8. The van der Waals surface area contributed by atoms with E-state index >= 15 is 0 Å². The molecule has 4 aromatic rings. The van der Waals surface area contributed by atoms with E-state index in [1.54, 1.807) is 30.3 Å². The molecular weight excluding hydrogens is 580 g/mol. The number of amidine groups is 1. The van der Waals surface area contributed by atoms with Crippen LogP contribution in [0.1, 0.15) is 64.2 Å². The summed E-state index contributed by atoms with van der Waals surface area (Å²) in [4.78, 5) is 14.6. The second-order valence-corrected chi connectivity index (χ2v) is 14.0. The minimum atomic E-state index is -3.58. The molecule has 3 N–H and O–H groups in total. The molecule has 0 saturated carbocycles. The highest BCUT2D eigenvalue weighted by Crippen LogP contribution is 2.23. The molecule has 0 aliphatic heterocycles. The summed E-state index contributed by atoms with van der Waals surface area (Å²) in [5.41, 5.74) is 6.44. The molecule has 0 aliphatic rings. The van der Waals surface area contributed by atoms with E-state index in [0.717, 1.165) is 40.7 Å². The standard InChI is InChI=1S/C37H44N4O3S.H2/c1-5-41(36(42)39-26-29-19-23-33(24-20-29)37(2,3)4)35(38)16-10-11-28-17-21-31(22-18-28)32-13-9-12-30(25-32)27-40-45(43,44)34-14-7-6-8-15-34;/h6-9,12-15,17-25,38,40H,5,10-11,16,26-27H2,1-4H3,(H,39,42);1H. The molecule has 2 amide bonds. The molecule has 0 atom stereocenters. The van der Waals surface area contributed by atoms with E-state index < -0.39 is 10.0 Å². The van der Waals surface area contributed by atoms with Crippen LogP contribution in [0.3, 0.4) is 0 Å². The summed E-state index contributed by atoms with van der Waals surface area (Å²) in [5.74, 6) is 0.314. The minimum absolute atomic E-state index is 0. The van der Waals surface area contributed by atoms with Crippen LogP contribution in [0, 0.1) is 5.41 Å². The van der Waals surface area contributed by atoms with Gasteiger partial charge in [0.05, 0.1) is 4.90 Å². The highest BCUT2D eigenvalue weighted by Gasteiger charge is 2.17. The van der Waals surface area contributed by atoms with Gasteiger partial charge in [-0.05, 0) is 76.8 Å². The lowest BCUT2D eigenvalue weighted by Crippen LogP contribution is -2.43. The van der Waals surface area contributed by atoms with Gasteiger partial charge in [-0.15, -0.1) is 0 Å². The van der Waals surface area contributed by atoms with Gasteiger partial charge in [0.25, 0.3) is 0 Å². The zero-order chi connectivity index (χ0) is 32.5. The fourth-order valence-corrected chi connectivity index (χ4v) is 6.07. The number of carbonyl (C=O) groups is 1. The number of benzene rings is 4. The van der Waals surface area contributed by atoms with Crippen molar-refractivity contribution in [3.8, 4) is 11.1 Å². The number of hydrogen-bond donors (Lipinski definition) is 3. The molecule has 7 nitrogen and oxygen atoms in total. The van der Waals surface area contributed by atoms with Crippen molar-refractivity contribution >= 4 is 21.9 Å². The van der Waals surface area contributed by atoms with Gasteiger partial charge in [0.1, 0.15) is 5.84 Å². The Morgan fingerprint density at radius 2 is 1.47 bits per heavy atom. The SMILES string of the molecule is CCN(C(=N)CCCc1ccc(-c2cccc(CNS(=O)(=O)c3ccccc3)c2)cc1)C(=O)NCc1ccc(C(C)(C)C)cc1.[HH]. The Bertz CT molecular complexity index is 1690. The molecule has 238 valence electrons. The van der Waals surface area contributed by atoms with Crippen molar-refractivity contribution in [3.05, 3.63) is 125 Å². The topological polar surface area (TPSA) is 102 Å². The highest BCUT2D eigenvalue weighted by atomic mass is 32.2. The summed E-state index contributed by atoms with van der Waals surface area (Å²) in [5, 5.41) is 11.5. The van der Waals surface area contributed by atoms with E-state index in [9.17, 15) is 13.2 Å². The number of nitrogens with one attached hydrogen (secondary N) is 3. The quantitative estimate of drug-likeness (QED) is 0.110. The van der Waals surface area contributed by atoms with Crippen molar-refractivity contribution < 1.29 is 14.6 Å². The third kappa shape index (κ3) is 9.61. The van der Waals surface area contributed by atoms with Crippen LogP contribution in [-0.2, 0) is 34.9 Å². The van der Waals surface area contributed by atoms with Crippen molar-refractivity contribution in [1.29, 1.82) is 5.41 Å². The smallest absolute Gasteiger partial charge is 0.323 e. The summed E-state index contributed by atoms with van der Waals surface area (Å²) >= 11 is 0. The summed E-state index contributed by atoms with van der Waals surface area (Å²) in [6.45, 7) is 9.48. The van der Waals surface area contributed by atoms with Crippen LogP contribution in [0.2, 0.25) is 0 Å². The van der Waals surface area contributed by atoms with Gasteiger partial charge in [0, 0.05) is 27.5 Å². The highest BCUT2D eigenvalue weighted by molar-refractivity contribution is 7.89.